The second-order valence-electron chi connectivity index (χ2n) is 7.41. The molecule has 2 aromatic heterocycles. The lowest BCUT2D eigenvalue weighted by atomic mass is 10.0. The molecule has 0 amide bonds. The number of aliphatic hydroxyl groups is 1. The molecule has 0 spiro atoms. The first-order chi connectivity index (χ1) is 13.4. The van der Waals surface area contributed by atoms with E-state index in [1.54, 1.807) is 6.33 Å². The van der Waals surface area contributed by atoms with Gasteiger partial charge in [-0.15, -0.1) is 0 Å². The van der Waals surface area contributed by atoms with Gasteiger partial charge in [0.05, 0.1) is 25.0 Å². The summed E-state index contributed by atoms with van der Waals surface area (Å²) in [5, 5.41) is 10.3. The highest BCUT2D eigenvalue weighted by atomic mass is 35.5. The lowest BCUT2D eigenvalue weighted by Gasteiger charge is -2.27. The summed E-state index contributed by atoms with van der Waals surface area (Å²) in [7, 11) is 0. The fourth-order valence-electron chi connectivity index (χ4n) is 3.87. The van der Waals surface area contributed by atoms with E-state index in [0.717, 1.165) is 36.2 Å². The number of imidazole rings is 1. The molecule has 0 aliphatic carbocycles. The molecule has 1 aliphatic rings. The fourth-order valence-corrected chi connectivity index (χ4v) is 4.11. The van der Waals surface area contributed by atoms with Crippen LogP contribution < -0.4 is 16.4 Å². The number of hydrogen-bond acceptors (Lipinski definition) is 7. The standard InChI is InChI=1S/C19H24ClN7O/c1-2-12-5-13(20)6-15(26-4-3-19(22,8-26)9-28)14(12)7-27-11-25-16-17(21)23-10-24-18(16)27/h5-6,10-11,28H,2-4,7-9,22H2,1H3,(H2,21,23,24)/t19-/m1/s1. The zero-order valence-corrected chi connectivity index (χ0v) is 16.5. The van der Waals surface area contributed by atoms with Crippen LogP contribution in [0, 0.1) is 0 Å². The predicted octanol–water partition coefficient (Wildman–Crippen LogP) is 1.57. The summed E-state index contributed by atoms with van der Waals surface area (Å²) >= 11 is 6.42. The van der Waals surface area contributed by atoms with Gasteiger partial charge in [-0.1, -0.05) is 18.5 Å². The lowest BCUT2D eigenvalue weighted by Crippen LogP contribution is -2.46. The molecule has 1 aliphatic heterocycles. The summed E-state index contributed by atoms with van der Waals surface area (Å²) in [4.78, 5) is 14.9. The minimum atomic E-state index is -0.588. The number of rotatable bonds is 5. The molecule has 3 aromatic rings. The molecule has 0 unspecified atom stereocenters. The Labute approximate surface area is 168 Å². The van der Waals surface area contributed by atoms with E-state index in [9.17, 15) is 5.11 Å². The highest BCUT2D eigenvalue weighted by Gasteiger charge is 2.35. The SMILES string of the molecule is CCc1cc(Cl)cc(N2CC[C@](N)(CO)C2)c1Cn1cnc2c(N)ncnc21. The van der Waals surface area contributed by atoms with Crippen molar-refractivity contribution in [3.05, 3.63) is 40.9 Å². The van der Waals surface area contributed by atoms with Crippen molar-refractivity contribution in [3.63, 3.8) is 0 Å². The Kier molecular flexibility index (Phi) is 4.86. The quantitative estimate of drug-likeness (QED) is 0.593. The van der Waals surface area contributed by atoms with E-state index in [1.807, 2.05) is 16.7 Å². The Morgan fingerprint density at radius 1 is 1.29 bits per heavy atom. The molecule has 8 nitrogen and oxygen atoms in total. The topological polar surface area (TPSA) is 119 Å². The average molecular weight is 402 g/mol. The maximum absolute atomic E-state index is 9.65. The first kappa shape index (κ1) is 18.9. The highest BCUT2D eigenvalue weighted by molar-refractivity contribution is 6.31. The summed E-state index contributed by atoms with van der Waals surface area (Å²) in [5.74, 6) is 0.367. The molecule has 28 heavy (non-hydrogen) atoms. The van der Waals surface area contributed by atoms with Crippen molar-refractivity contribution in [1.29, 1.82) is 0 Å². The number of nitrogens with zero attached hydrogens (tertiary/aromatic N) is 5. The molecule has 1 atom stereocenters. The van der Waals surface area contributed by atoms with Crippen LogP contribution in [-0.4, -0.2) is 49.9 Å². The Hall–Kier alpha value is -2.42. The van der Waals surface area contributed by atoms with Crippen molar-refractivity contribution in [2.75, 3.05) is 30.3 Å². The van der Waals surface area contributed by atoms with Crippen LogP contribution in [-0.2, 0) is 13.0 Å². The van der Waals surface area contributed by atoms with Gasteiger partial charge in [-0.3, -0.25) is 0 Å². The van der Waals surface area contributed by atoms with Crippen LogP contribution in [0.15, 0.2) is 24.8 Å². The summed E-state index contributed by atoms with van der Waals surface area (Å²) in [6.07, 6.45) is 4.76. The Bertz CT molecular complexity index is 1020. The third kappa shape index (κ3) is 3.28. The van der Waals surface area contributed by atoms with Crippen molar-refractivity contribution >= 4 is 34.3 Å². The molecule has 1 aromatic carbocycles. The number of anilines is 2. The summed E-state index contributed by atoms with van der Waals surface area (Å²) in [6, 6.07) is 3.97. The monoisotopic (exact) mass is 401 g/mol. The number of halogens is 1. The first-order valence-electron chi connectivity index (χ1n) is 9.31. The summed E-state index contributed by atoms with van der Waals surface area (Å²) in [5.41, 5.74) is 16.3. The second kappa shape index (κ2) is 7.20. The van der Waals surface area contributed by atoms with E-state index in [2.05, 4.69) is 26.8 Å². The minimum absolute atomic E-state index is 0.0393. The van der Waals surface area contributed by atoms with Gasteiger partial charge in [-0.25, -0.2) is 15.0 Å². The Morgan fingerprint density at radius 3 is 2.82 bits per heavy atom. The first-order valence-corrected chi connectivity index (χ1v) is 9.69. The maximum atomic E-state index is 9.65. The van der Waals surface area contributed by atoms with Gasteiger partial charge in [0, 0.05) is 23.8 Å². The summed E-state index contributed by atoms with van der Waals surface area (Å²) in [6.45, 7) is 4.00. The van der Waals surface area contributed by atoms with Crippen molar-refractivity contribution in [2.45, 2.75) is 31.8 Å². The van der Waals surface area contributed by atoms with Crippen molar-refractivity contribution in [2.24, 2.45) is 5.73 Å². The predicted molar refractivity (Wildman–Crippen MR) is 111 cm³/mol. The smallest absolute Gasteiger partial charge is 0.165 e. The molecule has 5 N–H and O–H groups in total. The molecule has 3 heterocycles. The van der Waals surface area contributed by atoms with Gasteiger partial charge in [0.15, 0.2) is 11.5 Å². The highest BCUT2D eigenvalue weighted by Crippen LogP contribution is 2.34. The number of aryl methyl sites for hydroxylation is 1. The van der Waals surface area contributed by atoms with E-state index in [0.29, 0.717) is 35.1 Å². The van der Waals surface area contributed by atoms with Crippen LogP contribution in [0.25, 0.3) is 11.2 Å². The molecule has 1 fully saturated rings. The van der Waals surface area contributed by atoms with Gasteiger partial charge in [-0.2, -0.15) is 0 Å². The molecule has 0 saturated carbocycles. The second-order valence-corrected chi connectivity index (χ2v) is 7.85. The molecule has 0 bridgehead atoms. The van der Waals surface area contributed by atoms with E-state index in [-0.39, 0.29) is 6.61 Å². The fraction of sp³-hybridized carbons (Fsp3) is 0.421. The molecule has 1 saturated heterocycles. The Morgan fingerprint density at radius 2 is 2.11 bits per heavy atom. The third-order valence-corrected chi connectivity index (χ3v) is 5.68. The molecule has 0 radical (unpaired) electrons. The van der Waals surface area contributed by atoms with Crippen LogP contribution >= 0.6 is 11.6 Å². The number of aromatic nitrogens is 4. The largest absolute Gasteiger partial charge is 0.394 e. The van der Waals surface area contributed by atoms with Crippen LogP contribution in [0.2, 0.25) is 5.02 Å². The van der Waals surface area contributed by atoms with E-state index in [1.165, 1.54) is 6.33 Å². The van der Waals surface area contributed by atoms with Crippen molar-refractivity contribution < 1.29 is 5.11 Å². The lowest BCUT2D eigenvalue weighted by molar-refractivity contribution is 0.210. The number of nitrogens with two attached hydrogens (primary N) is 2. The molecule has 9 heteroatoms. The molecular weight excluding hydrogens is 378 g/mol. The summed E-state index contributed by atoms with van der Waals surface area (Å²) < 4.78 is 1.97. The van der Waals surface area contributed by atoms with Gasteiger partial charge < -0.3 is 26.0 Å². The normalized spacial score (nSPS) is 19.6. The van der Waals surface area contributed by atoms with Crippen molar-refractivity contribution in [3.8, 4) is 0 Å². The van der Waals surface area contributed by atoms with Gasteiger partial charge in [-0.05, 0) is 36.1 Å². The number of hydrogen-bond donors (Lipinski definition) is 3. The molecule has 4 rings (SSSR count). The minimum Gasteiger partial charge on any atom is -0.394 e. The van der Waals surface area contributed by atoms with Crippen LogP contribution in [0.3, 0.4) is 0 Å². The number of fused-ring (bicyclic) bond motifs is 1. The molecular formula is C19H24ClN7O. The van der Waals surface area contributed by atoms with Crippen LogP contribution in [0.5, 0.6) is 0 Å². The molecule has 148 valence electrons. The maximum Gasteiger partial charge on any atom is 0.165 e. The zero-order chi connectivity index (χ0) is 19.9. The number of benzene rings is 1. The third-order valence-electron chi connectivity index (χ3n) is 5.46. The zero-order valence-electron chi connectivity index (χ0n) is 15.8. The van der Waals surface area contributed by atoms with E-state index in [4.69, 9.17) is 23.1 Å². The van der Waals surface area contributed by atoms with Crippen molar-refractivity contribution in [1.82, 2.24) is 19.5 Å². The average Bonchev–Trinajstić information content (AvgIpc) is 3.28. The van der Waals surface area contributed by atoms with E-state index < -0.39 is 5.54 Å². The number of aliphatic hydroxyl groups excluding tert-OH is 1. The van der Waals surface area contributed by atoms with Gasteiger partial charge in [0.2, 0.25) is 0 Å². The van der Waals surface area contributed by atoms with Gasteiger partial charge in [0.1, 0.15) is 11.8 Å². The van der Waals surface area contributed by atoms with Gasteiger partial charge >= 0.3 is 0 Å². The van der Waals surface area contributed by atoms with Crippen LogP contribution in [0.4, 0.5) is 11.5 Å². The van der Waals surface area contributed by atoms with E-state index >= 15 is 0 Å². The van der Waals surface area contributed by atoms with Crippen LogP contribution in [0.1, 0.15) is 24.5 Å². The number of nitrogen functional groups attached to an aromatic ring is 1. The Balaban J connectivity index is 1.78. The van der Waals surface area contributed by atoms with Gasteiger partial charge in [0.25, 0.3) is 0 Å².